The van der Waals surface area contributed by atoms with E-state index in [2.05, 4.69) is 0 Å². The maximum absolute atomic E-state index is 11.1. The standard InChI is InChI=1S/C11H14O/c1-8-4-6-11(7-5-8)9(2)10(3)12/h4-7,9H,1-3H3/i1D. The van der Waals surface area contributed by atoms with Gasteiger partial charge in [-0.3, -0.25) is 4.79 Å². The number of hydrogen-bond donors (Lipinski definition) is 0. The minimum atomic E-state index is -0.0280. The second kappa shape index (κ2) is 3.53. The fraction of sp³-hybridized carbons (Fsp3) is 0.364. The topological polar surface area (TPSA) is 17.1 Å². The van der Waals surface area contributed by atoms with Crippen molar-refractivity contribution >= 4 is 5.78 Å². The van der Waals surface area contributed by atoms with Gasteiger partial charge in [0.15, 0.2) is 0 Å². The number of benzene rings is 1. The summed E-state index contributed by atoms with van der Waals surface area (Å²) in [5.41, 5.74) is 2.02. The molecule has 64 valence electrons. The molecule has 1 rings (SSSR count). The van der Waals surface area contributed by atoms with Crippen LogP contribution in [-0.4, -0.2) is 5.78 Å². The second-order valence-electron chi connectivity index (χ2n) is 3.07. The molecule has 0 saturated heterocycles. The summed E-state index contributed by atoms with van der Waals surface area (Å²) in [5, 5.41) is 0. The van der Waals surface area contributed by atoms with Gasteiger partial charge in [-0.1, -0.05) is 36.8 Å². The molecule has 1 nitrogen and oxygen atoms in total. The highest BCUT2D eigenvalue weighted by Gasteiger charge is 2.08. The van der Waals surface area contributed by atoms with Gasteiger partial charge < -0.3 is 0 Å². The summed E-state index contributed by atoms with van der Waals surface area (Å²) in [6, 6.07) is 7.66. The lowest BCUT2D eigenvalue weighted by molar-refractivity contribution is -0.118. The first-order chi connectivity index (χ1) is 6.15. The average molecular weight is 163 g/mol. The van der Waals surface area contributed by atoms with Gasteiger partial charge in [-0.2, -0.15) is 0 Å². The number of carbonyl (C=O) groups is 1. The van der Waals surface area contributed by atoms with E-state index in [1.54, 1.807) is 6.92 Å². The Morgan fingerprint density at radius 2 is 2.00 bits per heavy atom. The van der Waals surface area contributed by atoms with Crippen molar-refractivity contribution in [2.75, 3.05) is 0 Å². The smallest absolute Gasteiger partial charge is 0.136 e. The first kappa shape index (κ1) is 7.53. The molecule has 0 amide bonds. The Morgan fingerprint density at radius 3 is 2.42 bits per heavy atom. The molecular weight excluding hydrogens is 148 g/mol. The number of carbonyl (C=O) groups excluding carboxylic acids is 1. The van der Waals surface area contributed by atoms with Crippen molar-refractivity contribution in [2.24, 2.45) is 0 Å². The zero-order chi connectivity index (χ0) is 9.84. The van der Waals surface area contributed by atoms with E-state index in [0.717, 1.165) is 11.1 Å². The third-order valence-electron chi connectivity index (χ3n) is 2.09. The molecule has 0 aliphatic carbocycles. The molecule has 1 aromatic carbocycles. The first-order valence-corrected chi connectivity index (χ1v) is 4.03. The van der Waals surface area contributed by atoms with E-state index in [9.17, 15) is 4.79 Å². The van der Waals surface area contributed by atoms with E-state index in [-0.39, 0.29) is 11.7 Å². The van der Waals surface area contributed by atoms with Crippen LogP contribution in [0, 0.1) is 6.90 Å². The fourth-order valence-electron chi connectivity index (χ4n) is 1.04. The summed E-state index contributed by atoms with van der Waals surface area (Å²) in [7, 11) is 0. The summed E-state index contributed by atoms with van der Waals surface area (Å²) in [6.07, 6.45) is 0. The average Bonchev–Trinajstić information content (AvgIpc) is 2.17. The Morgan fingerprint density at radius 1 is 1.42 bits per heavy atom. The van der Waals surface area contributed by atoms with Crippen LogP contribution < -0.4 is 0 Å². The number of rotatable bonds is 2. The van der Waals surface area contributed by atoms with Crippen molar-refractivity contribution in [3.63, 3.8) is 0 Å². The summed E-state index contributed by atoms with van der Waals surface area (Å²) in [4.78, 5) is 11.1. The zero-order valence-corrected chi connectivity index (χ0v) is 7.50. The van der Waals surface area contributed by atoms with Gasteiger partial charge in [0.25, 0.3) is 0 Å². The van der Waals surface area contributed by atoms with Gasteiger partial charge >= 0.3 is 0 Å². The molecule has 12 heavy (non-hydrogen) atoms. The zero-order valence-electron chi connectivity index (χ0n) is 8.50. The summed E-state index contributed by atoms with van der Waals surface area (Å²) in [5.74, 6) is 0.151. The van der Waals surface area contributed by atoms with Crippen LogP contribution in [0.5, 0.6) is 0 Å². The van der Waals surface area contributed by atoms with E-state index in [1.165, 1.54) is 0 Å². The van der Waals surface area contributed by atoms with Gasteiger partial charge in [-0.05, 0) is 19.4 Å². The molecule has 0 aliphatic rings. The lowest BCUT2D eigenvalue weighted by atomic mass is 9.97. The molecule has 1 atom stereocenters. The molecule has 0 spiro atoms. The Labute approximate surface area is 74.8 Å². The third kappa shape index (κ3) is 1.94. The maximum atomic E-state index is 11.1. The lowest BCUT2D eigenvalue weighted by Crippen LogP contribution is -2.03. The lowest BCUT2D eigenvalue weighted by Gasteiger charge is -2.07. The van der Waals surface area contributed by atoms with Crippen molar-refractivity contribution in [3.05, 3.63) is 35.4 Å². The summed E-state index contributed by atoms with van der Waals surface area (Å²) in [6.45, 7) is 3.80. The normalized spacial score (nSPS) is 13.7. The van der Waals surface area contributed by atoms with Crippen LogP contribution in [0.4, 0.5) is 0 Å². The molecule has 0 N–H and O–H groups in total. The minimum Gasteiger partial charge on any atom is -0.299 e. The van der Waals surface area contributed by atoms with Gasteiger partial charge in [0.2, 0.25) is 0 Å². The van der Waals surface area contributed by atoms with Crippen LogP contribution >= 0.6 is 0 Å². The van der Waals surface area contributed by atoms with Crippen molar-refractivity contribution in [3.8, 4) is 0 Å². The fourth-order valence-corrected chi connectivity index (χ4v) is 1.04. The van der Waals surface area contributed by atoms with Crippen LogP contribution in [0.2, 0.25) is 0 Å². The van der Waals surface area contributed by atoms with E-state index in [4.69, 9.17) is 1.37 Å². The Bertz CT molecular complexity index is 289. The molecule has 0 heterocycles. The number of Topliss-reactive ketones (excluding diaryl/α,β-unsaturated/α-hetero) is 1. The predicted molar refractivity (Wildman–Crippen MR) is 50.3 cm³/mol. The van der Waals surface area contributed by atoms with Crippen LogP contribution in [0.1, 0.15) is 32.3 Å². The molecule has 0 fully saturated rings. The molecule has 1 unspecified atom stereocenters. The maximum Gasteiger partial charge on any atom is 0.136 e. The molecule has 0 saturated carbocycles. The molecule has 1 aromatic rings. The van der Waals surface area contributed by atoms with E-state index in [1.807, 2.05) is 31.2 Å². The SMILES string of the molecule is [2H]Cc1ccc(C(C)C(C)=O)cc1. The van der Waals surface area contributed by atoms with Crippen LogP contribution in [0.25, 0.3) is 0 Å². The molecular formula is C11H14O. The first-order valence-electron chi connectivity index (χ1n) is 4.74. The molecule has 0 bridgehead atoms. The molecule has 0 aliphatic heterocycles. The van der Waals surface area contributed by atoms with E-state index >= 15 is 0 Å². The summed E-state index contributed by atoms with van der Waals surface area (Å²) >= 11 is 0. The van der Waals surface area contributed by atoms with Crippen LogP contribution in [-0.2, 0) is 4.79 Å². The van der Waals surface area contributed by atoms with Gasteiger partial charge in [-0.25, -0.2) is 0 Å². The third-order valence-corrected chi connectivity index (χ3v) is 2.09. The highest BCUT2D eigenvalue weighted by atomic mass is 16.1. The predicted octanol–water partition coefficient (Wildman–Crippen LogP) is 2.69. The summed E-state index contributed by atoms with van der Waals surface area (Å²) < 4.78 is 7.14. The Hall–Kier alpha value is -1.11. The number of hydrogen-bond acceptors (Lipinski definition) is 1. The highest BCUT2D eigenvalue weighted by Crippen LogP contribution is 2.16. The van der Waals surface area contributed by atoms with E-state index < -0.39 is 0 Å². The van der Waals surface area contributed by atoms with Gasteiger partial charge in [0.1, 0.15) is 5.78 Å². The Kier molecular flexibility index (Phi) is 2.21. The van der Waals surface area contributed by atoms with Crippen molar-refractivity contribution in [2.45, 2.75) is 26.7 Å². The van der Waals surface area contributed by atoms with E-state index in [0.29, 0.717) is 6.90 Å². The van der Waals surface area contributed by atoms with Crippen molar-refractivity contribution in [1.29, 1.82) is 0 Å². The highest BCUT2D eigenvalue weighted by molar-refractivity contribution is 5.82. The monoisotopic (exact) mass is 163 g/mol. The molecule has 1 heteroatoms. The van der Waals surface area contributed by atoms with Crippen LogP contribution in [0.15, 0.2) is 24.3 Å². The van der Waals surface area contributed by atoms with Gasteiger partial charge in [0, 0.05) is 7.29 Å². The van der Waals surface area contributed by atoms with Gasteiger partial charge in [-0.15, -0.1) is 0 Å². The van der Waals surface area contributed by atoms with Crippen LogP contribution in [0.3, 0.4) is 0 Å². The number of aryl methyl sites for hydroxylation is 1. The van der Waals surface area contributed by atoms with Crippen molar-refractivity contribution < 1.29 is 6.17 Å². The Balaban J connectivity index is 2.85. The largest absolute Gasteiger partial charge is 0.299 e. The molecule has 0 radical (unpaired) electrons. The second-order valence-corrected chi connectivity index (χ2v) is 3.07. The quantitative estimate of drug-likeness (QED) is 0.655. The number of ketones is 1. The van der Waals surface area contributed by atoms with Crippen molar-refractivity contribution in [1.82, 2.24) is 0 Å². The van der Waals surface area contributed by atoms with Gasteiger partial charge in [0.05, 0.1) is 0 Å². The molecule has 0 aromatic heterocycles. The minimum absolute atomic E-state index is 0.0280.